The number of halogens is 1. The molecule has 0 aliphatic heterocycles. The number of nitrogens with one attached hydrogen (secondary N) is 1. The van der Waals surface area contributed by atoms with Crippen LogP contribution < -0.4 is 10.9 Å². The van der Waals surface area contributed by atoms with Crippen molar-refractivity contribution in [2.45, 2.75) is 13.5 Å². The quantitative estimate of drug-likeness (QED) is 0.947. The van der Waals surface area contributed by atoms with Crippen molar-refractivity contribution in [3.05, 3.63) is 56.5 Å². The topological polar surface area (TPSA) is 46.9 Å². The third-order valence-corrected chi connectivity index (χ3v) is 3.10. The highest BCUT2D eigenvalue weighted by Gasteiger charge is 2.03. The van der Waals surface area contributed by atoms with Gasteiger partial charge >= 0.3 is 0 Å². The number of hydrogen-bond acceptors (Lipinski definition) is 3. The lowest BCUT2D eigenvalue weighted by atomic mass is 10.2. The van der Waals surface area contributed by atoms with Crippen LogP contribution in [0.1, 0.15) is 11.1 Å². The van der Waals surface area contributed by atoms with Gasteiger partial charge in [0.05, 0.1) is 6.54 Å². The zero-order valence-electron chi connectivity index (χ0n) is 10.3. The van der Waals surface area contributed by atoms with Crippen molar-refractivity contribution < 1.29 is 0 Å². The molecule has 1 N–H and O–H groups in total. The molecule has 0 bridgehead atoms. The van der Waals surface area contributed by atoms with Crippen LogP contribution in [0.25, 0.3) is 0 Å². The predicted octanol–water partition coefficient (Wildman–Crippen LogP) is 2.40. The average molecular weight is 308 g/mol. The Kier molecular flexibility index (Phi) is 3.81. The summed E-state index contributed by atoms with van der Waals surface area (Å²) in [6.45, 7) is 2.34. The van der Waals surface area contributed by atoms with Crippen LogP contribution in [0, 0.1) is 6.92 Å². The zero-order valence-corrected chi connectivity index (χ0v) is 11.9. The molecule has 0 saturated carbocycles. The van der Waals surface area contributed by atoms with E-state index in [9.17, 15) is 4.79 Å². The van der Waals surface area contributed by atoms with Gasteiger partial charge in [-0.3, -0.25) is 4.79 Å². The number of hydrogen-bond donors (Lipinski definition) is 1. The highest BCUT2D eigenvalue weighted by molar-refractivity contribution is 9.10. The molecule has 0 aromatic carbocycles. The van der Waals surface area contributed by atoms with Crippen LogP contribution in [0.15, 0.2) is 39.9 Å². The molecular weight excluding hydrogens is 294 g/mol. The van der Waals surface area contributed by atoms with Gasteiger partial charge in [0.1, 0.15) is 5.82 Å². The number of aryl methyl sites for hydroxylation is 1. The van der Waals surface area contributed by atoms with E-state index in [1.54, 1.807) is 17.0 Å². The SMILES string of the molecule is CNc1ccc(Cn2cc(Br)cc(C)c2=O)cn1. The molecule has 94 valence electrons. The first kappa shape index (κ1) is 12.8. The Hall–Kier alpha value is -1.62. The third kappa shape index (κ3) is 2.79. The second-order valence-electron chi connectivity index (χ2n) is 4.08. The maximum absolute atomic E-state index is 12.0. The minimum absolute atomic E-state index is 0.0240. The summed E-state index contributed by atoms with van der Waals surface area (Å²) in [5, 5.41) is 2.96. The van der Waals surface area contributed by atoms with Gasteiger partial charge in [0.25, 0.3) is 5.56 Å². The van der Waals surface area contributed by atoms with Gasteiger partial charge in [-0.1, -0.05) is 6.07 Å². The number of aromatic nitrogens is 2. The van der Waals surface area contributed by atoms with Crippen LogP contribution >= 0.6 is 15.9 Å². The standard InChI is InChI=1S/C13H14BrN3O/c1-9-5-11(14)8-17(13(9)18)7-10-3-4-12(15-2)16-6-10/h3-6,8H,7H2,1-2H3,(H,15,16). The van der Waals surface area contributed by atoms with Gasteiger partial charge in [-0.2, -0.15) is 0 Å². The van der Waals surface area contributed by atoms with E-state index in [0.717, 1.165) is 21.4 Å². The summed E-state index contributed by atoms with van der Waals surface area (Å²) in [6, 6.07) is 5.67. The first-order valence-corrected chi connectivity index (χ1v) is 6.38. The molecule has 2 rings (SSSR count). The Balaban J connectivity index is 2.31. The first-order chi connectivity index (χ1) is 8.60. The van der Waals surface area contributed by atoms with E-state index < -0.39 is 0 Å². The zero-order chi connectivity index (χ0) is 13.1. The lowest BCUT2D eigenvalue weighted by Crippen LogP contribution is -2.22. The summed E-state index contributed by atoms with van der Waals surface area (Å²) in [4.78, 5) is 16.2. The molecule has 5 heteroatoms. The van der Waals surface area contributed by atoms with E-state index in [1.165, 1.54) is 0 Å². The molecule has 0 fully saturated rings. The van der Waals surface area contributed by atoms with Crippen LogP contribution in [0.3, 0.4) is 0 Å². The van der Waals surface area contributed by atoms with E-state index in [1.807, 2.05) is 32.2 Å². The Morgan fingerprint density at radius 2 is 2.22 bits per heavy atom. The highest BCUT2D eigenvalue weighted by Crippen LogP contribution is 2.10. The Labute approximate surface area is 114 Å². The van der Waals surface area contributed by atoms with Crippen molar-refractivity contribution in [3.63, 3.8) is 0 Å². The Morgan fingerprint density at radius 1 is 1.44 bits per heavy atom. The van der Waals surface area contributed by atoms with Crippen molar-refractivity contribution in [2.75, 3.05) is 12.4 Å². The van der Waals surface area contributed by atoms with Gasteiger partial charge in [0, 0.05) is 29.5 Å². The molecule has 2 aromatic rings. The number of rotatable bonds is 3. The van der Waals surface area contributed by atoms with Gasteiger partial charge in [0.15, 0.2) is 0 Å². The molecule has 18 heavy (non-hydrogen) atoms. The van der Waals surface area contributed by atoms with Crippen molar-refractivity contribution in [3.8, 4) is 0 Å². The molecule has 0 spiro atoms. The summed E-state index contributed by atoms with van der Waals surface area (Å²) < 4.78 is 2.58. The lowest BCUT2D eigenvalue weighted by molar-refractivity contribution is 0.746. The lowest BCUT2D eigenvalue weighted by Gasteiger charge is -2.08. The molecule has 4 nitrogen and oxygen atoms in total. The monoisotopic (exact) mass is 307 g/mol. The fourth-order valence-electron chi connectivity index (χ4n) is 1.72. The van der Waals surface area contributed by atoms with E-state index in [4.69, 9.17) is 0 Å². The molecule has 0 saturated heterocycles. The van der Waals surface area contributed by atoms with Gasteiger partial charge in [-0.25, -0.2) is 4.98 Å². The fourth-order valence-corrected chi connectivity index (χ4v) is 2.31. The van der Waals surface area contributed by atoms with Crippen molar-refractivity contribution in [2.24, 2.45) is 0 Å². The summed E-state index contributed by atoms with van der Waals surface area (Å²) in [7, 11) is 1.82. The Morgan fingerprint density at radius 3 is 2.83 bits per heavy atom. The maximum Gasteiger partial charge on any atom is 0.253 e. The van der Waals surface area contributed by atoms with Crippen LogP contribution in [0.5, 0.6) is 0 Å². The van der Waals surface area contributed by atoms with E-state index in [-0.39, 0.29) is 5.56 Å². The van der Waals surface area contributed by atoms with Crippen LogP contribution in [-0.4, -0.2) is 16.6 Å². The number of anilines is 1. The molecule has 2 aromatic heterocycles. The van der Waals surface area contributed by atoms with E-state index in [2.05, 4.69) is 26.2 Å². The van der Waals surface area contributed by atoms with E-state index >= 15 is 0 Å². The van der Waals surface area contributed by atoms with Gasteiger partial charge in [0.2, 0.25) is 0 Å². The third-order valence-electron chi connectivity index (χ3n) is 2.67. The molecule has 2 heterocycles. The second kappa shape index (κ2) is 5.35. The fraction of sp³-hybridized carbons (Fsp3) is 0.231. The van der Waals surface area contributed by atoms with Crippen molar-refractivity contribution in [1.29, 1.82) is 0 Å². The van der Waals surface area contributed by atoms with Crippen LogP contribution in [0.4, 0.5) is 5.82 Å². The predicted molar refractivity (Wildman–Crippen MR) is 76.0 cm³/mol. The number of pyridine rings is 2. The van der Waals surface area contributed by atoms with Crippen molar-refractivity contribution >= 4 is 21.7 Å². The molecular formula is C13H14BrN3O. The molecule has 0 atom stereocenters. The summed E-state index contributed by atoms with van der Waals surface area (Å²) in [5.74, 6) is 0.816. The molecule has 0 amide bonds. The summed E-state index contributed by atoms with van der Waals surface area (Å²) in [6.07, 6.45) is 3.57. The molecule has 0 unspecified atom stereocenters. The smallest absolute Gasteiger partial charge is 0.253 e. The molecule has 0 radical (unpaired) electrons. The molecule has 0 aliphatic rings. The van der Waals surface area contributed by atoms with E-state index in [0.29, 0.717) is 6.54 Å². The van der Waals surface area contributed by atoms with Crippen LogP contribution in [-0.2, 0) is 6.54 Å². The number of nitrogens with zero attached hydrogens (tertiary/aromatic N) is 2. The first-order valence-electron chi connectivity index (χ1n) is 5.59. The van der Waals surface area contributed by atoms with Crippen molar-refractivity contribution in [1.82, 2.24) is 9.55 Å². The van der Waals surface area contributed by atoms with Crippen LogP contribution in [0.2, 0.25) is 0 Å². The minimum Gasteiger partial charge on any atom is -0.373 e. The summed E-state index contributed by atoms with van der Waals surface area (Å²) >= 11 is 3.40. The molecule has 0 aliphatic carbocycles. The minimum atomic E-state index is 0.0240. The second-order valence-corrected chi connectivity index (χ2v) is 4.99. The normalized spacial score (nSPS) is 10.4. The van der Waals surface area contributed by atoms with Gasteiger partial charge in [-0.05, 0) is 40.5 Å². The summed E-state index contributed by atoms with van der Waals surface area (Å²) in [5.41, 5.74) is 1.74. The Bertz CT molecular complexity index is 605. The largest absolute Gasteiger partial charge is 0.373 e. The van der Waals surface area contributed by atoms with Gasteiger partial charge in [-0.15, -0.1) is 0 Å². The van der Waals surface area contributed by atoms with Gasteiger partial charge < -0.3 is 9.88 Å². The highest BCUT2D eigenvalue weighted by atomic mass is 79.9. The average Bonchev–Trinajstić information content (AvgIpc) is 2.36. The maximum atomic E-state index is 12.0.